The number of methoxy groups -OCH3 is 1. The molecule has 2 aliphatic heterocycles. The topological polar surface area (TPSA) is 24.9 Å². The quantitative estimate of drug-likeness (QED) is 0.772. The molecule has 22 heavy (non-hydrogen) atoms. The maximum absolute atomic E-state index is 12.4. The summed E-state index contributed by atoms with van der Waals surface area (Å²) in [4.78, 5) is 4.28. The fraction of sp³-hybridized carbons (Fsp3) is 1.00. The summed E-state index contributed by atoms with van der Waals surface area (Å²) in [6, 6.07) is 0. The summed E-state index contributed by atoms with van der Waals surface area (Å²) in [6.07, 6.45) is -2.83. The second-order valence-corrected chi connectivity index (χ2v) is 6.57. The highest BCUT2D eigenvalue weighted by Crippen LogP contribution is 2.33. The van der Waals surface area contributed by atoms with Crippen LogP contribution in [0, 0.1) is 5.41 Å². The number of rotatable bonds is 5. The van der Waals surface area contributed by atoms with Crippen LogP contribution >= 0.6 is 0 Å². The molecule has 0 saturated carbocycles. The van der Waals surface area contributed by atoms with Gasteiger partial charge in [0.25, 0.3) is 0 Å². The molecule has 0 aromatic rings. The Hall–Kier alpha value is -0.370. The highest BCUT2D eigenvalue weighted by atomic mass is 19.4. The van der Waals surface area contributed by atoms with Crippen molar-refractivity contribution in [3.8, 4) is 0 Å². The first kappa shape index (κ1) is 18.0. The van der Waals surface area contributed by atoms with E-state index in [2.05, 4.69) is 4.90 Å². The first-order chi connectivity index (χ1) is 10.4. The van der Waals surface area contributed by atoms with Crippen LogP contribution in [0.2, 0.25) is 0 Å². The average Bonchev–Trinajstić information content (AvgIpc) is 2.65. The molecule has 1 unspecified atom stereocenters. The molecule has 130 valence electrons. The predicted molar refractivity (Wildman–Crippen MR) is 77.9 cm³/mol. The van der Waals surface area contributed by atoms with Gasteiger partial charge in [-0.3, -0.25) is 4.90 Å². The van der Waals surface area contributed by atoms with Crippen LogP contribution in [0.1, 0.15) is 19.3 Å². The summed E-state index contributed by atoms with van der Waals surface area (Å²) in [7, 11) is 1.68. The third-order valence-corrected chi connectivity index (χ3v) is 4.58. The summed E-state index contributed by atoms with van der Waals surface area (Å²) < 4.78 is 48.2. The van der Waals surface area contributed by atoms with Crippen molar-refractivity contribution < 1.29 is 22.6 Å². The lowest BCUT2D eigenvalue weighted by molar-refractivity contribution is -0.140. The number of alkyl halides is 3. The van der Waals surface area contributed by atoms with Crippen molar-refractivity contribution in [3.63, 3.8) is 0 Å². The number of likely N-dealkylation sites (tertiary alicyclic amines) is 1. The minimum atomic E-state index is -4.07. The molecule has 2 fully saturated rings. The minimum Gasteiger partial charge on any atom is -0.383 e. The van der Waals surface area contributed by atoms with E-state index in [4.69, 9.17) is 9.47 Å². The van der Waals surface area contributed by atoms with E-state index in [0.29, 0.717) is 26.4 Å². The Kier molecular flexibility index (Phi) is 6.49. The SMILES string of the molecule is COCCN1CCOCC2(CCCN(CCC(F)(F)F)C2)C1. The fourth-order valence-electron chi connectivity index (χ4n) is 3.53. The molecule has 2 aliphatic rings. The third-order valence-electron chi connectivity index (χ3n) is 4.58. The van der Waals surface area contributed by atoms with Crippen LogP contribution in [0.25, 0.3) is 0 Å². The largest absolute Gasteiger partial charge is 0.390 e. The lowest BCUT2D eigenvalue weighted by Gasteiger charge is -2.43. The first-order valence-electron chi connectivity index (χ1n) is 8.01. The lowest BCUT2D eigenvalue weighted by atomic mass is 9.80. The Morgan fingerprint density at radius 3 is 2.55 bits per heavy atom. The molecule has 1 atom stereocenters. The molecule has 1 spiro atoms. The summed E-state index contributed by atoms with van der Waals surface area (Å²) in [5.74, 6) is 0. The number of hydrogen-bond donors (Lipinski definition) is 0. The number of nitrogens with zero attached hydrogens (tertiary/aromatic N) is 2. The van der Waals surface area contributed by atoms with Gasteiger partial charge in [0.2, 0.25) is 0 Å². The van der Waals surface area contributed by atoms with Gasteiger partial charge in [0.15, 0.2) is 0 Å². The standard InChI is InChI=1S/C15H27F3N2O2/c1-21-9-7-20-8-10-22-13-14(12-20)3-2-5-19(11-14)6-4-15(16,17)18/h2-13H2,1H3. The van der Waals surface area contributed by atoms with Crippen LogP contribution in [0.15, 0.2) is 0 Å². The van der Waals surface area contributed by atoms with E-state index >= 15 is 0 Å². The summed E-state index contributed by atoms with van der Waals surface area (Å²) in [5, 5.41) is 0. The van der Waals surface area contributed by atoms with E-state index in [9.17, 15) is 13.2 Å². The van der Waals surface area contributed by atoms with Gasteiger partial charge in [-0.1, -0.05) is 0 Å². The van der Waals surface area contributed by atoms with Gasteiger partial charge in [-0.05, 0) is 19.4 Å². The summed E-state index contributed by atoms with van der Waals surface area (Å²) in [5.41, 5.74) is -0.0336. The summed E-state index contributed by atoms with van der Waals surface area (Å²) >= 11 is 0. The van der Waals surface area contributed by atoms with Crippen LogP contribution in [0.3, 0.4) is 0 Å². The highest BCUT2D eigenvalue weighted by molar-refractivity contribution is 4.91. The zero-order chi connectivity index (χ0) is 16.1. The molecule has 2 heterocycles. The van der Waals surface area contributed by atoms with Crippen molar-refractivity contribution in [2.24, 2.45) is 5.41 Å². The van der Waals surface area contributed by atoms with E-state index < -0.39 is 12.6 Å². The van der Waals surface area contributed by atoms with Crippen molar-refractivity contribution in [2.75, 3.05) is 66.2 Å². The predicted octanol–water partition coefficient (Wildman–Crippen LogP) is 2.00. The third kappa shape index (κ3) is 5.68. The van der Waals surface area contributed by atoms with E-state index in [1.807, 2.05) is 4.90 Å². The van der Waals surface area contributed by atoms with Crippen molar-refractivity contribution in [1.29, 1.82) is 0 Å². The van der Waals surface area contributed by atoms with E-state index in [-0.39, 0.29) is 12.0 Å². The number of piperidine rings is 1. The maximum atomic E-state index is 12.4. The van der Waals surface area contributed by atoms with Gasteiger partial charge in [0.05, 0.1) is 26.2 Å². The maximum Gasteiger partial charge on any atom is 0.390 e. The normalized spacial score (nSPS) is 28.9. The lowest BCUT2D eigenvalue weighted by Crippen LogP contribution is -2.51. The van der Waals surface area contributed by atoms with Gasteiger partial charge >= 0.3 is 6.18 Å². The first-order valence-corrected chi connectivity index (χ1v) is 8.01. The molecule has 2 saturated heterocycles. The Labute approximate surface area is 130 Å². The van der Waals surface area contributed by atoms with Gasteiger partial charge < -0.3 is 14.4 Å². The van der Waals surface area contributed by atoms with Crippen molar-refractivity contribution >= 4 is 0 Å². The summed E-state index contributed by atoms with van der Waals surface area (Å²) in [6.45, 7) is 6.18. The van der Waals surface area contributed by atoms with Crippen molar-refractivity contribution in [3.05, 3.63) is 0 Å². The minimum absolute atomic E-state index is 0.0336. The second-order valence-electron chi connectivity index (χ2n) is 6.57. The van der Waals surface area contributed by atoms with Crippen LogP contribution in [-0.2, 0) is 9.47 Å². The van der Waals surface area contributed by atoms with Crippen molar-refractivity contribution in [2.45, 2.75) is 25.4 Å². The monoisotopic (exact) mass is 324 g/mol. The molecule has 0 amide bonds. The molecule has 0 N–H and O–H groups in total. The number of ether oxygens (including phenoxy) is 2. The molecular weight excluding hydrogens is 297 g/mol. The molecule has 0 aliphatic carbocycles. The molecule has 0 bridgehead atoms. The smallest absolute Gasteiger partial charge is 0.383 e. The molecule has 4 nitrogen and oxygen atoms in total. The molecular formula is C15H27F3N2O2. The molecule has 0 radical (unpaired) electrons. The van der Waals surface area contributed by atoms with Gasteiger partial charge in [-0.2, -0.15) is 13.2 Å². The number of halogens is 3. The molecule has 0 aromatic carbocycles. The van der Waals surface area contributed by atoms with E-state index in [1.54, 1.807) is 7.11 Å². The van der Waals surface area contributed by atoms with Gasteiger partial charge in [-0.25, -0.2) is 0 Å². The Morgan fingerprint density at radius 2 is 1.86 bits per heavy atom. The Balaban J connectivity index is 1.91. The molecule has 7 heteroatoms. The van der Waals surface area contributed by atoms with E-state index in [1.165, 1.54) is 0 Å². The molecule has 2 rings (SSSR count). The van der Waals surface area contributed by atoms with Crippen LogP contribution in [0.5, 0.6) is 0 Å². The Morgan fingerprint density at radius 1 is 1.14 bits per heavy atom. The van der Waals surface area contributed by atoms with Gasteiger partial charge in [-0.15, -0.1) is 0 Å². The van der Waals surface area contributed by atoms with Gasteiger partial charge in [0, 0.05) is 45.2 Å². The van der Waals surface area contributed by atoms with Crippen LogP contribution in [-0.4, -0.2) is 82.2 Å². The van der Waals surface area contributed by atoms with E-state index in [0.717, 1.165) is 39.0 Å². The van der Waals surface area contributed by atoms with Crippen LogP contribution < -0.4 is 0 Å². The highest BCUT2D eigenvalue weighted by Gasteiger charge is 2.39. The molecule has 0 aromatic heterocycles. The van der Waals surface area contributed by atoms with Crippen molar-refractivity contribution in [1.82, 2.24) is 9.80 Å². The van der Waals surface area contributed by atoms with Gasteiger partial charge in [0.1, 0.15) is 0 Å². The zero-order valence-corrected chi connectivity index (χ0v) is 13.3. The fourth-order valence-corrected chi connectivity index (χ4v) is 3.53. The average molecular weight is 324 g/mol. The zero-order valence-electron chi connectivity index (χ0n) is 13.3. The Bertz CT molecular complexity index is 341. The number of hydrogen-bond acceptors (Lipinski definition) is 4. The van der Waals surface area contributed by atoms with Crippen LogP contribution in [0.4, 0.5) is 13.2 Å². The second kappa shape index (κ2) is 7.95.